The van der Waals surface area contributed by atoms with Gasteiger partial charge in [-0.25, -0.2) is 0 Å². The number of ether oxygens (including phenoxy) is 1. The van der Waals surface area contributed by atoms with Crippen LogP contribution in [0.4, 0.5) is 0 Å². The minimum Gasteiger partial charge on any atom is -0.378 e. The first-order chi connectivity index (χ1) is 6.79. The van der Waals surface area contributed by atoms with Gasteiger partial charge in [0.1, 0.15) is 0 Å². The molecule has 0 bridgehead atoms. The molecule has 3 nitrogen and oxygen atoms in total. The lowest BCUT2D eigenvalue weighted by molar-refractivity contribution is 0.0607. The summed E-state index contributed by atoms with van der Waals surface area (Å²) >= 11 is 4.88. The number of nitrogens with one attached hydrogen (secondary N) is 1. The molecule has 14 heavy (non-hydrogen) atoms. The molecular weight excluding hydrogens is 266 g/mol. The monoisotopic (exact) mass is 275 g/mol. The van der Waals surface area contributed by atoms with Gasteiger partial charge in [0, 0.05) is 27.3 Å². The van der Waals surface area contributed by atoms with Crippen molar-refractivity contribution >= 4 is 33.0 Å². The molecule has 0 aliphatic carbocycles. The van der Waals surface area contributed by atoms with E-state index in [1.54, 1.807) is 0 Å². The Labute approximate surface area is 94.6 Å². The molecule has 76 valence electrons. The van der Waals surface area contributed by atoms with Crippen molar-refractivity contribution in [2.75, 3.05) is 19.8 Å². The average Bonchev–Trinajstić information content (AvgIpc) is 2.65. The number of halogens is 1. The highest BCUT2D eigenvalue weighted by Gasteiger charge is 2.24. The van der Waals surface area contributed by atoms with Crippen molar-refractivity contribution < 1.29 is 9.53 Å². The number of rotatable bonds is 2. The third kappa shape index (κ3) is 2.06. The van der Waals surface area contributed by atoms with Gasteiger partial charge in [-0.3, -0.25) is 4.79 Å². The molecule has 1 fully saturated rings. The molecule has 0 spiro atoms. The van der Waals surface area contributed by atoms with Gasteiger partial charge in [0.05, 0.1) is 19.3 Å². The van der Waals surface area contributed by atoms with Gasteiger partial charge >= 0.3 is 0 Å². The standard InChI is InChI=1S/C9H10BrNO2S/c10-7-5-14-4-6(7)9(12)8-3-13-2-1-11-8/h4-5,8,11H,1-3H2. The summed E-state index contributed by atoms with van der Waals surface area (Å²) in [5, 5.41) is 6.92. The molecule has 0 radical (unpaired) electrons. The highest BCUT2D eigenvalue weighted by Crippen LogP contribution is 2.22. The van der Waals surface area contributed by atoms with E-state index in [1.165, 1.54) is 11.3 Å². The van der Waals surface area contributed by atoms with Crippen LogP contribution >= 0.6 is 27.3 Å². The molecule has 1 aromatic heterocycles. The van der Waals surface area contributed by atoms with E-state index >= 15 is 0 Å². The van der Waals surface area contributed by atoms with Crippen LogP contribution in [0.1, 0.15) is 10.4 Å². The Bertz CT molecular complexity index is 333. The van der Waals surface area contributed by atoms with E-state index in [4.69, 9.17) is 4.74 Å². The van der Waals surface area contributed by atoms with Crippen molar-refractivity contribution in [3.05, 3.63) is 20.8 Å². The van der Waals surface area contributed by atoms with E-state index < -0.39 is 0 Å². The number of thiophene rings is 1. The molecule has 2 rings (SSSR count). The lowest BCUT2D eigenvalue weighted by Gasteiger charge is -2.22. The van der Waals surface area contributed by atoms with Crippen molar-refractivity contribution in [2.24, 2.45) is 0 Å². The zero-order valence-corrected chi connectivity index (χ0v) is 9.86. The highest BCUT2D eigenvalue weighted by atomic mass is 79.9. The van der Waals surface area contributed by atoms with Gasteiger partial charge < -0.3 is 10.1 Å². The average molecular weight is 276 g/mol. The van der Waals surface area contributed by atoms with Crippen molar-refractivity contribution in [3.8, 4) is 0 Å². The van der Waals surface area contributed by atoms with E-state index in [9.17, 15) is 4.79 Å². The van der Waals surface area contributed by atoms with Crippen molar-refractivity contribution in [3.63, 3.8) is 0 Å². The summed E-state index contributed by atoms with van der Waals surface area (Å²) in [6.45, 7) is 1.91. The fourth-order valence-electron chi connectivity index (χ4n) is 1.38. The number of morpholine rings is 1. The topological polar surface area (TPSA) is 38.3 Å². The van der Waals surface area contributed by atoms with Crippen molar-refractivity contribution in [1.82, 2.24) is 5.32 Å². The van der Waals surface area contributed by atoms with Crippen LogP contribution in [-0.2, 0) is 4.74 Å². The number of carbonyl (C=O) groups excluding carboxylic acids is 1. The Morgan fingerprint density at radius 2 is 2.50 bits per heavy atom. The van der Waals surface area contributed by atoms with E-state index in [1.807, 2.05) is 10.8 Å². The summed E-state index contributed by atoms with van der Waals surface area (Å²) in [5.74, 6) is 0.109. The Hall–Kier alpha value is -0.230. The van der Waals surface area contributed by atoms with Gasteiger partial charge in [0.2, 0.25) is 0 Å². The molecule has 1 saturated heterocycles. The largest absolute Gasteiger partial charge is 0.378 e. The van der Waals surface area contributed by atoms with Gasteiger partial charge in [-0.15, -0.1) is 0 Å². The molecular formula is C9H10BrNO2S. The zero-order valence-electron chi connectivity index (χ0n) is 7.46. The predicted molar refractivity (Wildman–Crippen MR) is 59.0 cm³/mol. The second-order valence-corrected chi connectivity index (χ2v) is 4.68. The molecule has 1 aliphatic rings. The first-order valence-corrected chi connectivity index (χ1v) is 6.09. The van der Waals surface area contributed by atoms with Crippen molar-refractivity contribution in [1.29, 1.82) is 0 Å². The number of Topliss-reactive ketones (excluding diaryl/α,β-unsaturated/α-hetero) is 1. The second-order valence-electron chi connectivity index (χ2n) is 3.08. The fourth-order valence-corrected chi connectivity index (χ4v) is 2.86. The highest BCUT2D eigenvalue weighted by molar-refractivity contribution is 9.10. The normalized spacial score (nSPS) is 22.2. The van der Waals surface area contributed by atoms with Crippen LogP contribution in [0, 0.1) is 0 Å². The van der Waals surface area contributed by atoms with Gasteiger partial charge in [-0.2, -0.15) is 11.3 Å². The Kier molecular flexibility index (Phi) is 3.33. The second kappa shape index (κ2) is 4.53. The number of carbonyl (C=O) groups is 1. The zero-order chi connectivity index (χ0) is 9.97. The summed E-state index contributed by atoms with van der Waals surface area (Å²) in [7, 11) is 0. The first kappa shape index (κ1) is 10.3. The number of hydrogen-bond acceptors (Lipinski definition) is 4. The van der Waals surface area contributed by atoms with Crippen molar-refractivity contribution in [2.45, 2.75) is 6.04 Å². The lowest BCUT2D eigenvalue weighted by atomic mass is 10.1. The minimum absolute atomic E-state index is 0.109. The molecule has 1 atom stereocenters. The summed E-state index contributed by atoms with van der Waals surface area (Å²) in [4.78, 5) is 11.9. The van der Waals surface area contributed by atoms with Gasteiger partial charge in [-0.1, -0.05) is 0 Å². The van der Waals surface area contributed by atoms with E-state index in [0.29, 0.717) is 13.2 Å². The van der Waals surface area contributed by atoms with Crippen LogP contribution in [-0.4, -0.2) is 31.6 Å². The maximum atomic E-state index is 11.9. The predicted octanol–water partition coefficient (Wildman–Crippen LogP) is 1.68. The lowest BCUT2D eigenvalue weighted by Crippen LogP contribution is -2.46. The minimum atomic E-state index is -0.186. The molecule has 0 aromatic carbocycles. The summed E-state index contributed by atoms with van der Waals surface area (Å²) < 4.78 is 6.12. The van der Waals surface area contributed by atoms with Crippen LogP contribution in [0.5, 0.6) is 0 Å². The number of ketones is 1. The molecule has 1 aliphatic heterocycles. The quantitative estimate of drug-likeness (QED) is 0.835. The Morgan fingerprint density at radius 1 is 1.64 bits per heavy atom. The summed E-state index contributed by atoms with van der Waals surface area (Å²) in [6.07, 6.45) is 0. The molecule has 2 heterocycles. The van der Waals surface area contributed by atoms with Gasteiger partial charge in [-0.05, 0) is 15.9 Å². The van der Waals surface area contributed by atoms with Crippen LogP contribution in [0.3, 0.4) is 0 Å². The van der Waals surface area contributed by atoms with Crippen LogP contribution < -0.4 is 5.32 Å². The molecule has 5 heteroatoms. The van der Waals surface area contributed by atoms with Crippen LogP contribution in [0.15, 0.2) is 15.2 Å². The number of hydrogen-bond donors (Lipinski definition) is 1. The van der Waals surface area contributed by atoms with E-state index in [2.05, 4.69) is 21.2 Å². The maximum Gasteiger partial charge on any atom is 0.184 e. The molecule has 1 aromatic rings. The van der Waals surface area contributed by atoms with Crippen LogP contribution in [0.2, 0.25) is 0 Å². The van der Waals surface area contributed by atoms with Gasteiger partial charge in [0.25, 0.3) is 0 Å². The SMILES string of the molecule is O=C(c1cscc1Br)C1COCCN1. The third-order valence-electron chi connectivity index (χ3n) is 2.12. The van der Waals surface area contributed by atoms with E-state index in [-0.39, 0.29) is 11.8 Å². The maximum absolute atomic E-state index is 11.9. The van der Waals surface area contributed by atoms with E-state index in [0.717, 1.165) is 16.6 Å². The summed E-state index contributed by atoms with van der Waals surface area (Å²) in [6, 6.07) is -0.186. The smallest absolute Gasteiger partial charge is 0.184 e. The molecule has 0 amide bonds. The molecule has 1 unspecified atom stereocenters. The molecule has 0 saturated carbocycles. The fraction of sp³-hybridized carbons (Fsp3) is 0.444. The Balaban J connectivity index is 2.11. The first-order valence-electron chi connectivity index (χ1n) is 4.36. The third-order valence-corrected chi connectivity index (χ3v) is 3.82. The van der Waals surface area contributed by atoms with Crippen LogP contribution in [0.25, 0.3) is 0 Å². The summed E-state index contributed by atoms with van der Waals surface area (Å²) in [5.41, 5.74) is 0.748. The Morgan fingerprint density at radius 3 is 3.07 bits per heavy atom. The van der Waals surface area contributed by atoms with Gasteiger partial charge in [0.15, 0.2) is 5.78 Å². The molecule has 1 N–H and O–H groups in total.